The molecule has 0 saturated heterocycles. The first kappa shape index (κ1) is 44.6. The number of fused-ring (bicyclic) bond motifs is 4. The lowest BCUT2D eigenvalue weighted by atomic mass is 9.91. The number of ether oxygens (including phenoxy) is 4. The van der Waals surface area contributed by atoms with Gasteiger partial charge < -0.3 is 51.3 Å². The minimum Gasteiger partial charge on any atom is -0.474 e. The topological polar surface area (TPSA) is 265 Å². The van der Waals surface area contributed by atoms with Crippen LogP contribution in [0.4, 0.5) is 23.3 Å². The van der Waals surface area contributed by atoms with Gasteiger partial charge in [0.05, 0.1) is 57.6 Å². The summed E-state index contributed by atoms with van der Waals surface area (Å²) in [4.78, 5) is 51.7. The highest BCUT2D eigenvalue weighted by molar-refractivity contribution is 5.95. The zero-order chi connectivity index (χ0) is 46.7. The summed E-state index contributed by atoms with van der Waals surface area (Å²) in [6.07, 6.45) is 10.6. The van der Waals surface area contributed by atoms with E-state index in [1.54, 1.807) is 62.9 Å². The molecular formula is C48H54N10O8. The number of anilines is 4. The Kier molecular flexibility index (Phi) is 11.7. The average Bonchev–Trinajstić information content (AvgIpc) is 4.26. The Bertz CT molecular complexity index is 2670. The summed E-state index contributed by atoms with van der Waals surface area (Å²) in [6.45, 7) is 10.7. The van der Waals surface area contributed by atoms with Gasteiger partial charge in [-0.05, 0) is 101 Å². The van der Waals surface area contributed by atoms with Gasteiger partial charge in [0, 0.05) is 47.8 Å². The van der Waals surface area contributed by atoms with Crippen LogP contribution in [0.5, 0.6) is 11.8 Å². The van der Waals surface area contributed by atoms with Gasteiger partial charge in [-0.15, -0.1) is 0 Å². The van der Waals surface area contributed by atoms with E-state index in [4.69, 9.17) is 30.4 Å². The number of pyridine rings is 6. The van der Waals surface area contributed by atoms with Crippen LogP contribution in [0.25, 0.3) is 21.5 Å². The number of aliphatic hydroxyl groups excluding tert-OH is 2. The second-order valence-electron chi connectivity index (χ2n) is 18.3. The Morgan fingerprint density at radius 1 is 0.606 bits per heavy atom. The lowest BCUT2D eigenvalue weighted by molar-refractivity contribution is 0.0225. The molecule has 0 aromatic carbocycles. The molecule has 0 bridgehead atoms. The predicted octanol–water partition coefficient (Wildman–Crippen LogP) is 6.28. The normalized spacial score (nSPS) is 21.8. The first-order valence-electron chi connectivity index (χ1n) is 22.2. The molecular weight excluding hydrogens is 845 g/mol. The van der Waals surface area contributed by atoms with E-state index >= 15 is 0 Å². The number of nitrogens with zero attached hydrogens (tertiary/aromatic N) is 6. The Balaban J connectivity index is 0.000000166. The molecule has 18 heteroatoms. The number of carbonyl (C=O) groups is 2. The summed E-state index contributed by atoms with van der Waals surface area (Å²) in [5.74, 6) is 2.50. The molecule has 6 aromatic heterocycles. The van der Waals surface area contributed by atoms with Crippen LogP contribution in [0.15, 0.2) is 61.2 Å². The average molecular weight is 899 g/mol. The molecule has 6 aromatic rings. The molecule has 2 saturated carbocycles. The smallest absolute Gasteiger partial charge is 0.340 e. The third kappa shape index (κ3) is 8.88. The van der Waals surface area contributed by atoms with Gasteiger partial charge in [0.2, 0.25) is 11.8 Å². The summed E-state index contributed by atoms with van der Waals surface area (Å²) in [7, 11) is 0. The third-order valence-corrected chi connectivity index (χ3v) is 12.6. The standard InChI is InChI=1S/2C24H27N5O4/c2*1-12-13(2)32-23(31)15-6-7-19(29-21(12)15)28-20-8-16-17(9-26-20)22(33-14-4-5-14)27-10-18(16)24(3,25)11-30/h2*6-10,12-14,30H,4-5,11,25H2,1-3H3,(H,26,28,29)/t12-,13-,24+;12-,13-,24-/m00/s1. The number of esters is 2. The zero-order valence-electron chi connectivity index (χ0n) is 37.7. The quantitative estimate of drug-likeness (QED) is 0.0738. The molecule has 18 nitrogen and oxygen atoms in total. The summed E-state index contributed by atoms with van der Waals surface area (Å²) >= 11 is 0. The fraction of sp³-hybridized carbons (Fsp3) is 0.417. The van der Waals surface area contributed by atoms with E-state index in [9.17, 15) is 19.8 Å². The molecule has 0 spiro atoms. The predicted molar refractivity (Wildman–Crippen MR) is 245 cm³/mol. The van der Waals surface area contributed by atoms with Crippen molar-refractivity contribution in [3.63, 3.8) is 0 Å². The Morgan fingerprint density at radius 3 is 1.36 bits per heavy atom. The van der Waals surface area contributed by atoms with Gasteiger partial charge in [-0.2, -0.15) is 0 Å². The fourth-order valence-electron chi connectivity index (χ4n) is 7.82. The number of aliphatic hydroxyl groups is 2. The van der Waals surface area contributed by atoms with Crippen LogP contribution in [0, 0.1) is 0 Å². The molecule has 2 aliphatic carbocycles. The van der Waals surface area contributed by atoms with Crippen molar-refractivity contribution >= 4 is 56.8 Å². The fourth-order valence-corrected chi connectivity index (χ4v) is 7.82. The molecule has 6 atom stereocenters. The number of hydrogen-bond donors (Lipinski definition) is 6. The molecule has 4 aliphatic rings. The van der Waals surface area contributed by atoms with Gasteiger partial charge in [-0.3, -0.25) is 0 Å². The molecule has 344 valence electrons. The molecule has 2 aliphatic heterocycles. The third-order valence-electron chi connectivity index (χ3n) is 12.6. The second kappa shape index (κ2) is 17.3. The van der Waals surface area contributed by atoms with Crippen LogP contribution in [0.2, 0.25) is 0 Å². The van der Waals surface area contributed by atoms with Gasteiger partial charge in [0.15, 0.2) is 0 Å². The highest BCUT2D eigenvalue weighted by Crippen LogP contribution is 2.39. The first-order valence-corrected chi connectivity index (χ1v) is 22.2. The Labute approximate surface area is 380 Å². The second-order valence-corrected chi connectivity index (χ2v) is 18.3. The van der Waals surface area contributed by atoms with Crippen molar-refractivity contribution in [1.82, 2.24) is 29.9 Å². The number of cyclic esters (lactones) is 2. The summed E-state index contributed by atoms with van der Waals surface area (Å²) in [6, 6.07) is 10.6. The van der Waals surface area contributed by atoms with E-state index in [2.05, 4.69) is 40.5 Å². The molecule has 66 heavy (non-hydrogen) atoms. The maximum absolute atomic E-state index is 12.2. The van der Waals surface area contributed by atoms with Crippen LogP contribution in [0.3, 0.4) is 0 Å². The van der Waals surface area contributed by atoms with Crippen LogP contribution < -0.4 is 31.6 Å². The number of nitrogens with two attached hydrogens (primary N) is 2. The van der Waals surface area contributed by atoms with Crippen molar-refractivity contribution in [3.05, 3.63) is 94.8 Å². The van der Waals surface area contributed by atoms with Crippen LogP contribution in [0.1, 0.15) is 122 Å². The van der Waals surface area contributed by atoms with Crippen molar-refractivity contribution in [2.24, 2.45) is 11.5 Å². The van der Waals surface area contributed by atoms with Gasteiger partial charge in [-0.25, -0.2) is 39.5 Å². The molecule has 0 amide bonds. The van der Waals surface area contributed by atoms with Crippen molar-refractivity contribution < 1.29 is 38.7 Å². The van der Waals surface area contributed by atoms with Crippen molar-refractivity contribution in [1.29, 1.82) is 0 Å². The Morgan fingerprint density at radius 2 is 1.00 bits per heavy atom. The SMILES string of the molecule is C[C@@H]1OC(=O)c2ccc(Nc3cc4c([C@@](C)(N)CO)cnc(OC5CC5)c4cn3)nc2[C@H]1C.C[C@@H]1OC(=O)c2ccc(Nc3cc4c([C@](C)(N)CO)cnc(OC5CC5)c4cn3)nc2[C@H]1C. The van der Waals surface area contributed by atoms with E-state index in [0.717, 1.165) is 47.2 Å². The molecule has 8 heterocycles. The number of aromatic nitrogens is 6. The number of hydrogen-bond acceptors (Lipinski definition) is 18. The first-order chi connectivity index (χ1) is 31.5. The Hall–Kier alpha value is -6.60. The molecule has 2 fully saturated rings. The lowest BCUT2D eigenvalue weighted by Gasteiger charge is -2.27. The maximum Gasteiger partial charge on any atom is 0.340 e. The van der Waals surface area contributed by atoms with E-state index in [1.165, 1.54) is 0 Å². The van der Waals surface area contributed by atoms with E-state index in [-0.39, 0.29) is 61.4 Å². The van der Waals surface area contributed by atoms with E-state index < -0.39 is 11.1 Å². The highest BCUT2D eigenvalue weighted by Gasteiger charge is 2.34. The lowest BCUT2D eigenvalue weighted by Crippen LogP contribution is -2.37. The van der Waals surface area contributed by atoms with Gasteiger partial charge in [0.1, 0.15) is 47.7 Å². The van der Waals surface area contributed by atoms with E-state index in [1.807, 2.05) is 39.8 Å². The highest BCUT2D eigenvalue weighted by atomic mass is 16.5. The van der Waals surface area contributed by atoms with Gasteiger partial charge >= 0.3 is 11.9 Å². The van der Waals surface area contributed by atoms with Crippen molar-refractivity contribution in [2.75, 3.05) is 23.8 Å². The van der Waals surface area contributed by atoms with Crippen molar-refractivity contribution in [3.8, 4) is 11.8 Å². The molecule has 0 radical (unpaired) electrons. The van der Waals surface area contributed by atoms with Gasteiger partial charge in [0.25, 0.3) is 0 Å². The van der Waals surface area contributed by atoms with Crippen LogP contribution in [-0.4, -0.2) is 89.7 Å². The summed E-state index contributed by atoms with van der Waals surface area (Å²) in [5.41, 5.74) is 14.5. The minimum absolute atomic E-state index is 0.0219. The van der Waals surface area contributed by atoms with Crippen LogP contribution in [-0.2, 0) is 20.6 Å². The molecule has 0 unspecified atom stereocenters. The maximum atomic E-state index is 12.2. The number of rotatable bonds is 12. The number of carbonyl (C=O) groups excluding carboxylic acids is 2. The minimum atomic E-state index is -0.988. The number of nitrogens with one attached hydrogen (secondary N) is 2. The van der Waals surface area contributed by atoms with Gasteiger partial charge in [-0.1, -0.05) is 13.8 Å². The summed E-state index contributed by atoms with van der Waals surface area (Å²) in [5, 5.41) is 29.2. The van der Waals surface area contributed by atoms with Crippen LogP contribution >= 0.6 is 0 Å². The monoisotopic (exact) mass is 898 g/mol. The van der Waals surface area contributed by atoms with E-state index in [0.29, 0.717) is 68.7 Å². The zero-order valence-corrected chi connectivity index (χ0v) is 37.7. The molecule has 10 rings (SSSR count). The summed E-state index contributed by atoms with van der Waals surface area (Å²) < 4.78 is 22.7. The largest absolute Gasteiger partial charge is 0.474 e. The molecule has 8 N–H and O–H groups in total. The van der Waals surface area contributed by atoms with Crippen molar-refractivity contribution in [2.45, 2.75) is 115 Å².